The smallest absolute Gasteiger partial charge is 0.417 e. The summed E-state index contributed by atoms with van der Waals surface area (Å²) in [5.41, 5.74) is 0.709. The van der Waals surface area contributed by atoms with Crippen LogP contribution in [0.2, 0.25) is 0 Å². The highest BCUT2D eigenvalue weighted by atomic mass is 16.4. The quantitative estimate of drug-likeness (QED) is 0.790. The fraction of sp³-hybridized carbons (Fsp3) is 0.182. The summed E-state index contributed by atoms with van der Waals surface area (Å²) >= 11 is 0. The van der Waals surface area contributed by atoms with Gasteiger partial charge in [0.05, 0.1) is 5.52 Å². The van der Waals surface area contributed by atoms with E-state index >= 15 is 0 Å². The van der Waals surface area contributed by atoms with Gasteiger partial charge < -0.3 is 10.4 Å². The van der Waals surface area contributed by atoms with Gasteiger partial charge in [0.25, 0.3) is 0 Å². The molecule has 0 radical (unpaired) electrons. The summed E-state index contributed by atoms with van der Waals surface area (Å²) in [6.07, 6.45) is -0.966. The van der Waals surface area contributed by atoms with Crippen LogP contribution in [-0.2, 0) is 0 Å². The Kier molecular flexibility index (Phi) is 2.33. The molecular weight excluding hydrogens is 192 g/mol. The van der Waals surface area contributed by atoms with Crippen LogP contribution in [0.4, 0.5) is 10.6 Å². The molecule has 0 bridgehead atoms. The number of anilines is 1. The van der Waals surface area contributed by atoms with E-state index < -0.39 is 6.09 Å². The van der Waals surface area contributed by atoms with Crippen LogP contribution in [-0.4, -0.2) is 22.3 Å². The minimum absolute atomic E-state index is 0.617. The maximum atomic E-state index is 11.1. The number of hydrogen-bond donors (Lipinski definition) is 2. The molecule has 0 saturated heterocycles. The average Bonchev–Trinajstić information content (AvgIpc) is 2.56. The Bertz CT molecular complexity index is 502. The second kappa shape index (κ2) is 3.65. The van der Waals surface area contributed by atoms with Gasteiger partial charge in [-0.25, -0.2) is 9.36 Å². The Hall–Kier alpha value is -1.97. The van der Waals surface area contributed by atoms with Crippen molar-refractivity contribution in [2.75, 3.05) is 11.9 Å². The van der Waals surface area contributed by atoms with Gasteiger partial charge in [-0.3, -0.25) is 0 Å². The summed E-state index contributed by atoms with van der Waals surface area (Å²) < 4.78 is 1.26. The number of carbonyl (C=O) groups is 1. The number of benzene rings is 1. The third kappa shape index (κ3) is 1.54. The first kappa shape index (κ1) is 9.58. The van der Waals surface area contributed by atoms with E-state index in [1.54, 1.807) is 6.07 Å². The van der Waals surface area contributed by atoms with Gasteiger partial charge in [0.15, 0.2) is 0 Å². The molecule has 0 saturated carbocycles. The zero-order chi connectivity index (χ0) is 10.8. The summed E-state index contributed by atoms with van der Waals surface area (Å²) in [5, 5.41) is 13.1. The molecule has 2 rings (SSSR count). The van der Waals surface area contributed by atoms with Crippen molar-refractivity contribution in [3.63, 3.8) is 0 Å². The van der Waals surface area contributed by atoms with Gasteiger partial charge in [-0.1, -0.05) is 18.2 Å². The van der Waals surface area contributed by atoms with Crippen molar-refractivity contribution in [1.29, 1.82) is 0 Å². The highest BCUT2D eigenvalue weighted by molar-refractivity contribution is 5.93. The van der Waals surface area contributed by atoms with Crippen LogP contribution in [0.5, 0.6) is 0 Å². The van der Waals surface area contributed by atoms with Gasteiger partial charge in [-0.2, -0.15) is 0 Å². The number of fused-ring (bicyclic) bond motifs is 1. The first-order chi connectivity index (χ1) is 7.24. The fourth-order valence-corrected chi connectivity index (χ4v) is 1.67. The molecule has 0 aliphatic heterocycles. The van der Waals surface area contributed by atoms with Gasteiger partial charge in [-0.15, -0.1) is 0 Å². The standard InChI is InChI=1S/C11H12N2O2/c1-2-12-10-7-8-5-3-4-6-9(8)13(10)11(14)15/h3-7,12H,2H2,1H3,(H,14,15). The van der Waals surface area contributed by atoms with Crippen molar-refractivity contribution in [3.05, 3.63) is 30.3 Å². The number of nitrogens with one attached hydrogen (secondary N) is 1. The third-order valence-electron chi connectivity index (χ3n) is 2.26. The first-order valence-corrected chi connectivity index (χ1v) is 4.81. The predicted molar refractivity (Wildman–Crippen MR) is 59.5 cm³/mol. The molecule has 2 aromatic rings. The summed E-state index contributed by atoms with van der Waals surface area (Å²) in [5.74, 6) is 0.617. The normalized spacial score (nSPS) is 10.5. The summed E-state index contributed by atoms with van der Waals surface area (Å²) in [7, 11) is 0. The van der Waals surface area contributed by atoms with Crippen LogP contribution in [0.15, 0.2) is 30.3 Å². The van der Waals surface area contributed by atoms with E-state index in [1.807, 2.05) is 31.2 Å². The van der Waals surface area contributed by atoms with Crippen LogP contribution >= 0.6 is 0 Å². The SMILES string of the molecule is CCNc1cc2ccccc2n1C(=O)O. The molecule has 0 aliphatic rings. The van der Waals surface area contributed by atoms with Crippen LogP contribution in [0, 0.1) is 0 Å². The molecule has 1 aromatic heterocycles. The maximum Gasteiger partial charge on any atom is 0.417 e. The number of para-hydroxylation sites is 1. The van der Waals surface area contributed by atoms with Crippen LogP contribution in [0.1, 0.15) is 6.92 Å². The zero-order valence-electron chi connectivity index (χ0n) is 8.40. The lowest BCUT2D eigenvalue weighted by molar-refractivity contribution is 0.198. The van der Waals surface area contributed by atoms with E-state index in [1.165, 1.54) is 4.57 Å². The Morgan fingerprint density at radius 2 is 2.20 bits per heavy atom. The van der Waals surface area contributed by atoms with Crippen molar-refractivity contribution in [2.45, 2.75) is 6.92 Å². The fourth-order valence-electron chi connectivity index (χ4n) is 1.67. The molecule has 4 heteroatoms. The second-order valence-electron chi connectivity index (χ2n) is 3.24. The van der Waals surface area contributed by atoms with Crippen molar-refractivity contribution >= 4 is 22.8 Å². The minimum Gasteiger partial charge on any atom is -0.464 e. The molecule has 0 amide bonds. The lowest BCUT2D eigenvalue weighted by atomic mass is 10.2. The minimum atomic E-state index is -0.966. The number of aromatic nitrogens is 1. The molecule has 2 N–H and O–H groups in total. The Morgan fingerprint density at radius 1 is 1.47 bits per heavy atom. The lowest BCUT2D eigenvalue weighted by Crippen LogP contribution is -2.12. The van der Waals surface area contributed by atoms with E-state index in [0.717, 1.165) is 5.39 Å². The van der Waals surface area contributed by atoms with Crippen molar-refractivity contribution in [1.82, 2.24) is 4.57 Å². The molecular formula is C11H12N2O2. The van der Waals surface area contributed by atoms with Gasteiger partial charge >= 0.3 is 6.09 Å². The lowest BCUT2D eigenvalue weighted by Gasteiger charge is -2.05. The van der Waals surface area contributed by atoms with E-state index in [-0.39, 0.29) is 0 Å². The average molecular weight is 204 g/mol. The summed E-state index contributed by atoms with van der Waals surface area (Å²) in [4.78, 5) is 11.1. The van der Waals surface area contributed by atoms with E-state index in [0.29, 0.717) is 17.9 Å². The Morgan fingerprint density at radius 3 is 2.87 bits per heavy atom. The molecule has 78 valence electrons. The molecule has 0 spiro atoms. The first-order valence-electron chi connectivity index (χ1n) is 4.81. The molecule has 1 aromatic carbocycles. The Balaban J connectivity index is 2.69. The largest absolute Gasteiger partial charge is 0.464 e. The molecule has 0 atom stereocenters. The number of rotatable bonds is 2. The number of carboxylic acid groups (broad SMARTS) is 1. The van der Waals surface area contributed by atoms with E-state index in [2.05, 4.69) is 5.32 Å². The molecule has 1 heterocycles. The van der Waals surface area contributed by atoms with Crippen LogP contribution < -0.4 is 5.32 Å². The zero-order valence-corrected chi connectivity index (χ0v) is 8.40. The molecule has 0 unspecified atom stereocenters. The third-order valence-corrected chi connectivity index (χ3v) is 2.26. The molecule has 4 nitrogen and oxygen atoms in total. The van der Waals surface area contributed by atoms with Crippen molar-refractivity contribution in [3.8, 4) is 0 Å². The van der Waals surface area contributed by atoms with Crippen molar-refractivity contribution < 1.29 is 9.90 Å². The highest BCUT2D eigenvalue weighted by Crippen LogP contribution is 2.22. The van der Waals surface area contributed by atoms with Crippen molar-refractivity contribution in [2.24, 2.45) is 0 Å². The summed E-state index contributed by atoms with van der Waals surface area (Å²) in [6, 6.07) is 9.26. The van der Waals surface area contributed by atoms with Gasteiger partial charge in [0, 0.05) is 11.9 Å². The van der Waals surface area contributed by atoms with Crippen LogP contribution in [0.25, 0.3) is 10.9 Å². The van der Waals surface area contributed by atoms with Gasteiger partial charge in [0.1, 0.15) is 5.82 Å². The topological polar surface area (TPSA) is 54.3 Å². The maximum absolute atomic E-state index is 11.1. The van der Waals surface area contributed by atoms with Gasteiger partial charge in [-0.05, 0) is 19.1 Å². The number of hydrogen-bond acceptors (Lipinski definition) is 2. The number of nitrogens with zero attached hydrogens (tertiary/aromatic N) is 1. The predicted octanol–water partition coefficient (Wildman–Crippen LogP) is 2.60. The van der Waals surface area contributed by atoms with E-state index in [9.17, 15) is 4.79 Å². The second-order valence-corrected chi connectivity index (χ2v) is 3.24. The van der Waals surface area contributed by atoms with Gasteiger partial charge in [0.2, 0.25) is 0 Å². The molecule has 0 aliphatic carbocycles. The monoisotopic (exact) mass is 204 g/mol. The summed E-state index contributed by atoms with van der Waals surface area (Å²) in [6.45, 7) is 2.63. The molecule has 15 heavy (non-hydrogen) atoms. The molecule has 0 fully saturated rings. The highest BCUT2D eigenvalue weighted by Gasteiger charge is 2.12. The van der Waals surface area contributed by atoms with E-state index in [4.69, 9.17) is 5.11 Å². The Labute approximate surface area is 87.1 Å². The van der Waals surface area contributed by atoms with Crippen LogP contribution in [0.3, 0.4) is 0 Å².